The molecule has 0 radical (unpaired) electrons. The van der Waals surface area contributed by atoms with Gasteiger partial charge in [-0.3, -0.25) is 9.59 Å². The van der Waals surface area contributed by atoms with Crippen molar-refractivity contribution in [1.29, 1.82) is 0 Å². The highest BCUT2D eigenvalue weighted by Gasteiger charge is 2.41. The maximum absolute atomic E-state index is 12.2. The molecule has 1 fully saturated rings. The molecule has 0 aromatic carbocycles. The lowest BCUT2D eigenvalue weighted by molar-refractivity contribution is -0.147. The van der Waals surface area contributed by atoms with Crippen molar-refractivity contribution >= 4 is 11.9 Å². The van der Waals surface area contributed by atoms with Gasteiger partial charge in [-0.25, -0.2) is 0 Å². The van der Waals surface area contributed by atoms with Crippen molar-refractivity contribution in [2.75, 3.05) is 6.54 Å². The molecule has 1 rings (SSSR count). The number of carbonyl (C=O) groups is 2. The Hall–Kier alpha value is -1.10. The standard InChI is InChI=1S/C11H20N2O3/c1-3-11(12,4-2)10(16)13(7-9(14)15)8-5-6-8/h8H,3-7,12H2,1-2H3,(H,14,15). The molecule has 1 aliphatic rings. The van der Waals surface area contributed by atoms with Crippen LogP contribution in [0.3, 0.4) is 0 Å². The Labute approximate surface area is 95.6 Å². The van der Waals surface area contributed by atoms with Crippen LogP contribution in [0.15, 0.2) is 0 Å². The summed E-state index contributed by atoms with van der Waals surface area (Å²) in [6.07, 6.45) is 2.85. The molecule has 0 spiro atoms. The van der Waals surface area contributed by atoms with Crippen molar-refractivity contribution in [2.45, 2.75) is 51.1 Å². The molecule has 5 nitrogen and oxygen atoms in total. The molecular weight excluding hydrogens is 208 g/mol. The Balaban J connectivity index is 2.77. The number of nitrogens with two attached hydrogens (primary N) is 1. The van der Waals surface area contributed by atoms with Crippen LogP contribution in [0.2, 0.25) is 0 Å². The highest BCUT2D eigenvalue weighted by molar-refractivity contribution is 5.89. The van der Waals surface area contributed by atoms with Crippen LogP contribution in [0.4, 0.5) is 0 Å². The van der Waals surface area contributed by atoms with Crippen LogP contribution in [-0.2, 0) is 9.59 Å². The van der Waals surface area contributed by atoms with E-state index in [-0.39, 0.29) is 18.5 Å². The van der Waals surface area contributed by atoms with E-state index in [0.29, 0.717) is 12.8 Å². The minimum absolute atomic E-state index is 0.0876. The van der Waals surface area contributed by atoms with E-state index in [4.69, 9.17) is 10.8 Å². The van der Waals surface area contributed by atoms with Crippen molar-refractivity contribution in [3.63, 3.8) is 0 Å². The Morgan fingerprint density at radius 2 is 1.88 bits per heavy atom. The monoisotopic (exact) mass is 228 g/mol. The number of carbonyl (C=O) groups excluding carboxylic acids is 1. The first kappa shape index (κ1) is 13.0. The summed E-state index contributed by atoms with van der Waals surface area (Å²) in [4.78, 5) is 24.3. The van der Waals surface area contributed by atoms with E-state index >= 15 is 0 Å². The van der Waals surface area contributed by atoms with Gasteiger partial charge in [0.2, 0.25) is 5.91 Å². The molecule has 0 aromatic heterocycles. The first-order chi connectivity index (χ1) is 7.44. The van der Waals surface area contributed by atoms with Crippen LogP contribution in [0.5, 0.6) is 0 Å². The molecule has 0 aromatic rings. The summed E-state index contributed by atoms with van der Waals surface area (Å²) < 4.78 is 0. The van der Waals surface area contributed by atoms with Crippen molar-refractivity contribution in [1.82, 2.24) is 4.90 Å². The fourth-order valence-corrected chi connectivity index (χ4v) is 1.74. The third-order valence-corrected chi connectivity index (χ3v) is 3.24. The van der Waals surface area contributed by atoms with E-state index in [1.807, 2.05) is 13.8 Å². The lowest BCUT2D eigenvalue weighted by Crippen LogP contribution is -2.56. The second-order valence-electron chi connectivity index (χ2n) is 4.42. The van der Waals surface area contributed by atoms with E-state index < -0.39 is 11.5 Å². The maximum Gasteiger partial charge on any atom is 0.323 e. The van der Waals surface area contributed by atoms with Gasteiger partial charge in [-0.05, 0) is 25.7 Å². The molecule has 0 saturated heterocycles. The van der Waals surface area contributed by atoms with Crippen LogP contribution in [0.25, 0.3) is 0 Å². The van der Waals surface area contributed by atoms with Crippen molar-refractivity contribution < 1.29 is 14.7 Å². The molecule has 0 aliphatic heterocycles. The van der Waals surface area contributed by atoms with E-state index in [1.165, 1.54) is 4.90 Å². The summed E-state index contributed by atoms with van der Waals surface area (Å²) in [7, 11) is 0. The SMILES string of the molecule is CCC(N)(CC)C(=O)N(CC(=O)O)C1CC1. The van der Waals surface area contributed by atoms with Gasteiger partial charge in [0, 0.05) is 6.04 Å². The molecule has 1 saturated carbocycles. The minimum Gasteiger partial charge on any atom is -0.480 e. The van der Waals surface area contributed by atoms with E-state index in [1.54, 1.807) is 0 Å². The van der Waals surface area contributed by atoms with Crippen LogP contribution in [0, 0.1) is 0 Å². The fourth-order valence-electron chi connectivity index (χ4n) is 1.74. The largest absolute Gasteiger partial charge is 0.480 e. The highest BCUT2D eigenvalue weighted by atomic mass is 16.4. The average molecular weight is 228 g/mol. The molecule has 1 amide bonds. The van der Waals surface area contributed by atoms with Gasteiger partial charge < -0.3 is 15.7 Å². The number of rotatable bonds is 6. The summed E-state index contributed by atoms with van der Waals surface area (Å²) in [5.74, 6) is -1.20. The smallest absolute Gasteiger partial charge is 0.323 e. The molecule has 3 N–H and O–H groups in total. The normalized spacial score (nSPS) is 15.9. The van der Waals surface area contributed by atoms with Crippen molar-refractivity contribution in [2.24, 2.45) is 5.73 Å². The van der Waals surface area contributed by atoms with Crippen molar-refractivity contribution in [3.8, 4) is 0 Å². The molecule has 0 heterocycles. The molecule has 1 aliphatic carbocycles. The van der Waals surface area contributed by atoms with Gasteiger partial charge in [0.15, 0.2) is 0 Å². The van der Waals surface area contributed by atoms with Crippen LogP contribution in [-0.4, -0.2) is 40.0 Å². The summed E-state index contributed by atoms with van der Waals surface area (Å²) in [5.41, 5.74) is 5.09. The number of carboxylic acids is 1. The second-order valence-corrected chi connectivity index (χ2v) is 4.42. The molecule has 92 valence electrons. The van der Waals surface area contributed by atoms with Gasteiger partial charge in [-0.15, -0.1) is 0 Å². The van der Waals surface area contributed by atoms with E-state index in [2.05, 4.69) is 0 Å². The molecule has 0 bridgehead atoms. The first-order valence-electron chi connectivity index (χ1n) is 5.76. The number of nitrogens with zero attached hydrogens (tertiary/aromatic N) is 1. The molecule has 16 heavy (non-hydrogen) atoms. The first-order valence-corrected chi connectivity index (χ1v) is 5.76. The van der Waals surface area contributed by atoms with Crippen molar-refractivity contribution in [3.05, 3.63) is 0 Å². The Morgan fingerprint density at radius 1 is 1.38 bits per heavy atom. The van der Waals surface area contributed by atoms with Crippen LogP contribution < -0.4 is 5.73 Å². The lowest BCUT2D eigenvalue weighted by atomic mass is 9.92. The zero-order chi connectivity index (χ0) is 12.3. The zero-order valence-electron chi connectivity index (χ0n) is 9.90. The molecule has 0 unspecified atom stereocenters. The highest BCUT2D eigenvalue weighted by Crippen LogP contribution is 2.29. The van der Waals surface area contributed by atoms with Crippen LogP contribution >= 0.6 is 0 Å². The quantitative estimate of drug-likeness (QED) is 0.696. The summed E-state index contributed by atoms with van der Waals surface area (Å²) in [5, 5.41) is 8.79. The average Bonchev–Trinajstić information content (AvgIpc) is 3.07. The minimum atomic E-state index is -0.977. The van der Waals surface area contributed by atoms with E-state index in [9.17, 15) is 9.59 Å². The predicted octanol–water partition coefficient (Wildman–Crippen LogP) is 0.580. The number of hydrogen-bond acceptors (Lipinski definition) is 3. The summed E-state index contributed by atoms with van der Waals surface area (Å²) >= 11 is 0. The number of hydrogen-bond donors (Lipinski definition) is 2. The number of aliphatic carboxylic acids is 1. The molecule has 0 atom stereocenters. The summed E-state index contributed by atoms with van der Waals surface area (Å²) in [6, 6.07) is 0.0876. The van der Waals surface area contributed by atoms with Crippen LogP contribution in [0.1, 0.15) is 39.5 Å². The summed E-state index contributed by atoms with van der Waals surface area (Å²) in [6.45, 7) is 3.48. The number of carboxylic acid groups (broad SMARTS) is 1. The third-order valence-electron chi connectivity index (χ3n) is 3.24. The third kappa shape index (κ3) is 2.72. The molecule has 5 heteroatoms. The van der Waals surface area contributed by atoms with Gasteiger partial charge in [0.25, 0.3) is 0 Å². The van der Waals surface area contributed by atoms with E-state index in [0.717, 1.165) is 12.8 Å². The van der Waals surface area contributed by atoms with Gasteiger partial charge in [-0.2, -0.15) is 0 Å². The van der Waals surface area contributed by atoms with Gasteiger partial charge in [0.05, 0.1) is 5.54 Å². The Morgan fingerprint density at radius 3 is 2.19 bits per heavy atom. The maximum atomic E-state index is 12.2. The Kier molecular flexibility index (Phi) is 3.91. The Bertz CT molecular complexity index is 283. The second kappa shape index (κ2) is 4.82. The predicted molar refractivity (Wildman–Crippen MR) is 59.9 cm³/mol. The fraction of sp³-hybridized carbons (Fsp3) is 0.818. The topological polar surface area (TPSA) is 83.6 Å². The number of amides is 1. The molecular formula is C11H20N2O3. The van der Waals surface area contributed by atoms with Gasteiger partial charge in [0.1, 0.15) is 6.54 Å². The van der Waals surface area contributed by atoms with Gasteiger partial charge in [-0.1, -0.05) is 13.8 Å². The van der Waals surface area contributed by atoms with Gasteiger partial charge >= 0.3 is 5.97 Å². The lowest BCUT2D eigenvalue weighted by Gasteiger charge is -2.32. The zero-order valence-corrected chi connectivity index (χ0v) is 9.90.